The van der Waals surface area contributed by atoms with Crippen molar-refractivity contribution in [3.8, 4) is 34.1 Å². The van der Waals surface area contributed by atoms with Gasteiger partial charge in [0.15, 0.2) is 11.6 Å². The van der Waals surface area contributed by atoms with Crippen LogP contribution in [0.3, 0.4) is 0 Å². The minimum absolute atomic E-state index is 0.0786. The number of amides is 1. The lowest BCUT2D eigenvalue weighted by atomic mass is 10.0. The van der Waals surface area contributed by atoms with Gasteiger partial charge in [-0.3, -0.25) is 9.20 Å². The zero-order valence-electron chi connectivity index (χ0n) is 29.8. The predicted molar refractivity (Wildman–Crippen MR) is 202 cm³/mol. The van der Waals surface area contributed by atoms with Crippen molar-refractivity contribution in [1.82, 2.24) is 23.7 Å². The molecule has 1 aliphatic heterocycles. The van der Waals surface area contributed by atoms with Crippen LogP contribution in [-0.2, 0) is 10.0 Å². The number of rotatable bonds is 10. The summed E-state index contributed by atoms with van der Waals surface area (Å²) in [7, 11) is -0.279. The van der Waals surface area contributed by atoms with Crippen LogP contribution < -0.4 is 25.0 Å². The van der Waals surface area contributed by atoms with Gasteiger partial charge in [0, 0.05) is 55.9 Å². The van der Waals surface area contributed by atoms with Crippen LogP contribution in [0.4, 0.5) is 31.8 Å². The Morgan fingerprint density at radius 2 is 1.65 bits per heavy atom. The van der Waals surface area contributed by atoms with E-state index in [0.717, 1.165) is 17.3 Å². The Hall–Kier alpha value is -6.13. The van der Waals surface area contributed by atoms with Crippen LogP contribution in [0.2, 0.25) is 0 Å². The van der Waals surface area contributed by atoms with Crippen molar-refractivity contribution >= 4 is 44.6 Å². The fourth-order valence-electron chi connectivity index (χ4n) is 6.48. The number of benzene rings is 3. The molecule has 0 aliphatic carbocycles. The van der Waals surface area contributed by atoms with E-state index in [1.54, 1.807) is 37.6 Å². The SMILES string of the molecule is COc1cc(N2CCN(S(C)(=O)=O)CC2)c(C)cc1Nc1nccc(-c2c(-c3ccc(OC)c(C(=O)Nc4cccc(F)c4F)c3)nc3ccccn23)n1. The molecule has 0 spiro atoms. The summed E-state index contributed by atoms with van der Waals surface area (Å²) >= 11 is 0. The predicted octanol–water partition coefficient (Wildman–Crippen LogP) is 6.14. The van der Waals surface area contributed by atoms with E-state index in [4.69, 9.17) is 19.4 Å². The zero-order chi connectivity index (χ0) is 38.1. The summed E-state index contributed by atoms with van der Waals surface area (Å²) < 4.78 is 67.0. The smallest absolute Gasteiger partial charge is 0.259 e. The Balaban J connectivity index is 1.22. The molecule has 6 aromatic rings. The summed E-state index contributed by atoms with van der Waals surface area (Å²) in [5, 5.41) is 5.73. The summed E-state index contributed by atoms with van der Waals surface area (Å²) in [4.78, 5) is 29.8. The summed E-state index contributed by atoms with van der Waals surface area (Å²) in [5.41, 5.74) is 5.05. The number of nitrogens with zero attached hydrogens (tertiary/aromatic N) is 6. The maximum Gasteiger partial charge on any atom is 0.259 e. The molecule has 278 valence electrons. The lowest BCUT2D eigenvalue weighted by Crippen LogP contribution is -2.48. The van der Waals surface area contributed by atoms with E-state index < -0.39 is 27.6 Å². The van der Waals surface area contributed by atoms with E-state index in [9.17, 15) is 22.0 Å². The third kappa shape index (κ3) is 7.12. The van der Waals surface area contributed by atoms with Crippen molar-refractivity contribution in [3.05, 3.63) is 108 Å². The molecule has 7 rings (SSSR count). The number of carbonyl (C=O) groups excluding carboxylic acids is 1. The Labute approximate surface area is 310 Å². The van der Waals surface area contributed by atoms with Gasteiger partial charge in [0.1, 0.15) is 17.1 Å². The number of pyridine rings is 1. The number of ether oxygens (including phenoxy) is 2. The highest BCUT2D eigenvalue weighted by atomic mass is 32.2. The Bertz CT molecular complexity index is 2500. The molecule has 2 N–H and O–H groups in total. The van der Waals surface area contributed by atoms with Crippen molar-refractivity contribution in [1.29, 1.82) is 0 Å². The summed E-state index contributed by atoms with van der Waals surface area (Å²) in [6, 6.07) is 19.6. The highest BCUT2D eigenvalue weighted by molar-refractivity contribution is 7.88. The van der Waals surface area contributed by atoms with Crippen LogP contribution in [-0.4, -0.2) is 84.6 Å². The van der Waals surface area contributed by atoms with Crippen molar-refractivity contribution in [2.24, 2.45) is 0 Å². The molecule has 0 atom stereocenters. The highest BCUT2D eigenvalue weighted by Gasteiger charge is 2.26. The standard InChI is InChI=1S/C38H36F2N8O5S/c1-23-20-29(32(53-3)22-30(23)46-16-18-47(19-17-46)54(4,50)51)44-38-41-14-13-28(43-38)36-35(45-33-10-5-6-15-48(33)36)24-11-12-31(52-2)25(21-24)37(49)42-27-9-7-8-26(39)34(27)40/h5-15,20-22H,16-19H2,1-4H3,(H,42,49)(H,41,43,44). The molecule has 1 saturated heterocycles. The van der Waals surface area contributed by atoms with Crippen LogP contribution in [0, 0.1) is 18.6 Å². The van der Waals surface area contributed by atoms with Gasteiger partial charge in [0.2, 0.25) is 16.0 Å². The number of aromatic nitrogens is 4. The van der Waals surface area contributed by atoms with Crippen molar-refractivity contribution in [2.75, 3.05) is 62.2 Å². The Kier molecular flexibility index (Phi) is 9.87. The van der Waals surface area contributed by atoms with E-state index >= 15 is 0 Å². The van der Waals surface area contributed by atoms with Gasteiger partial charge < -0.3 is 25.0 Å². The maximum atomic E-state index is 14.5. The van der Waals surface area contributed by atoms with Crippen LogP contribution in [0.1, 0.15) is 15.9 Å². The molecule has 1 fully saturated rings. The highest BCUT2D eigenvalue weighted by Crippen LogP contribution is 2.37. The second-order valence-electron chi connectivity index (χ2n) is 12.6. The molecular formula is C38H36F2N8O5S. The summed E-state index contributed by atoms with van der Waals surface area (Å²) in [6.07, 6.45) is 4.69. The number of nitrogens with one attached hydrogen (secondary N) is 2. The van der Waals surface area contributed by atoms with Gasteiger partial charge in [0.05, 0.1) is 54.5 Å². The van der Waals surface area contributed by atoms with Crippen LogP contribution >= 0.6 is 0 Å². The number of hydrogen-bond acceptors (Lipinski definition) is 10. The second kappa shape index (κ2) is 14.7. The summed E-state index contributed by atoms with van der Waals surface area (Å²) in [5.74, 6) is -1.92. The molecule has 0 unspecified atom stereocenters. The minimum Gasteiger partial charge on any atom is -0.496 e. The topological polar surface area (TPSA) is 143 Å². The first kappa shape index (κ1) is 36.2. The number of carbonyl (C=O) groups is 1. The van der Waals surface area contributed by atoms with E-state index in [1.807, 2.05) is 47.9 Å². The normalized spacial score (nSPS) is 13.6. The second-order valence-corrected chi connectivity index (χ2v) is 14.6. The van der Waals surface area contributed by atoms with Gasteiger partial charge in [-0.1, -0.05) is 12.1 Å². The van der Waals surface area contributed by atoms with Gasteiger partial charge in [0.25, 0.3) is 5.91 Å². The first-order valence-corrected chi connectivity index (χ1v) is 18.7. The first-order chi connectivity index (χ1) is 25.9. The van der Waals surface area contributed by atoms with E-state index in [0.29, 0.717) is 65.9 Å². The molecule has 1 aliphatic rings. The molecule has 54 heavy (non-hydrogen) atoms. The molecule has 16 heteroatoms. The molecule has 0 bridgehead atoms. The van der Waals surface area contributed by atoms with Crippen molar-refractivity contribution in [3.63, 3.8) is 0 Å². The van der Waals surface area contributed by atoms with Gasteiger partial charge >= 0.3 is 0 Å². The fourth-order valence-corrected chi connectivity index (χ4v) is 7.31. The largest absolute Gasteiger partial charge is 0.496 e. The maximum absolute atomic E-state index is 14.5. The third-order valence-electron chi connectivity index (χ3n) is 9.16. The van der Waals surface area contributed by atoms with Crippen molar-refractivity contribution < 1.29 is 31.5 Å². The van der Waals surface area contributed by atoms with Gasteiger partial charge in [-0.15, -0.1) is 0 Å². The molecular weight excluding hydrogens is 719 g/mol. The third-order valence-corrected chi connectivity index (χ3v) is 10.5. The monoisotopic (exact) mass is 754 g/mol. The van der Waals surface area contributed by atoms with E-state index in [-0.39, 0.29) is 22.9 Å². The number of anilines is 4. The minimum atomic E-state index is -3.26. The van der Waals surface area contributed by atoms with Crippen LogP contribution in [0.25, 0.3) is 28.3 Å². The number of piperazine rings is 1. The van der Waals surface area contributed by atoms with Crippen LogP contribution in [0.15, 0.2) is 85.2 Å². The van der Waals surface area contributed by atoms with E-state index in [2.05, 4.69) is 20.5 Å². The number of aryl methyl sites for hydroxylation is 1. The average molecular weight is 755 g/mol. The van der Waals surface area contributed by atoms with Gasteiger partial charge in [-0.25, -0.2) is 32.2 Å². The Morgan fingerprint density at radius 1 is 0.870 bits per heavy atom. The lowest BCUT2D eigenvalue weighted by molar-refractivity contribution is 0.102. The number of sulfonamides is 1. The Morgan fingerprint density at radius 3 is 2.39 bits per heavy atom. The van der Waals surface area contributed by atoms with Gasteiger partial charge in [-0.05, 0) is 67.1 Å². The lowest BCUT2D eigenvalue weighted by Gasteiger charge is -2.35. The molecule has 0 radical (unpaired) electrons. The van der Waals surface area contributed by atoms with Crippen molar-refractivity contribution in [2.45, 2.75) is 6.92 Å². The summed E-state index contributed by atoms with van der Waals surface area (Å²) in [6.45, 7) is 3.85. The molecule has 3 aromatic heterocycles. The zero-order valence-corrected chi connectivity index (χ0v) is 30.6. The number of methoxy groups -OCH3 is 2. The number of hydrogen-bond donors (Lipinski definition) is 2. The average Bonchev–Trinajstić information content (AvgIpc) is 3.56. The van der Waals surface area contributed by atoms with Crippen LogP contribution in [0.5, 0.6) is 11.5 Å². The quantitative estimate of drug-likeness (QED) is 0.168. The molecule has 0 saturated carbocycles. The first-order valence-electron chi connectivity index (χ1n) is 16.8. The van der Waals surface area contributed by atoms with Gasteiger partial charge in [-0.2, -0.15) is 4.31 Å². The molecule has 13 nitrogen and oxygen atoms in total. The number of halogens is 2. The number of fused-ring (bicyclic) bond motifs is 1. The number of imidazole rings is 1. The fraction of sp³-hybridized carbons (Fsp3) is 0.211. The van der Waals surface area contributed by atoms with E-state index in [1.165, 1.54) is 29.8 Å². The molecule has 4 heterocycles. The molecule has 3 aromatic carbocycles. The molecule has 1 amide bonds.